The van der Waals surface area contributed by atoms with E-state index in [1.54, 1.807) is 19.4 Å². The molecule has 1 heterocycles. The zero-order valence-electron chi connectivity index (χ0n) is 13.3. The highest BCUT2D eigenvalue weighted by Gasteiger charge is 2.21. The fraction of sp³-hybridized carbons (Fsp3) is 0.353. The Bertz CT molecular complexity index is 629. The van der Waals surface area contributed by atoms with Gasteiger partial charge < -0.3 is 9.84 Å². The Balaban J connectivity index is 2.34. The molecular weight excluding hydrogens is 298 g/mol. The number of methoxy groups -OCH3 is 1. The summed E-state index contributed by atoms with van der Waals surface area (Å²) in [6.07, 6.45) is 3.55. The van der Waals surface area contributed by atoms with Crippen molar-refractivity contribution in [2.24, 2.45) is 0 Å². The van der Waals surface area contributed by atoms with Gasteiger partial charge in [-0.25, -0.2) is 0 Å². The first kappa shape index (κ1) is 16.6. The van der Waals surface area contributed by atoms with Crippen LogP contribution < -0.4 is 0 Å². The maximum atomic E-state index is 12.3. The van der Waals surface area contributed by atoms with Gasteiger partial charge in [-0.15, -0.1) is 0 Å². The van der Waals surface area contributed by atoms with Gasteiger partial charge in [0.25, 0.3) is 5.91 Å². The molecule has 2 rings (SSSR count). The molecule has 0 aliphatic carbocycles. The lowest BCUT2D eigenvalue weighted by Gasteiger charge is -2.22. The Hall–Kier alpha value is -1.72. The SMILES string of the molecule is COCN1C=CS/C(=C/c2ccc(O)c(C(C)(C)C)c2)C1=O. The van der Waals surface area contributed by atoms with E-state index in [-0.39, 0.29) is 23.8 Å². The van der Waals surface area contributed by atoms with Crippen molar-refractivity contribution in [3.05, 3.63) is 45.8 Å². The van der Waals surface area contributed by atoms with Crippen molar-refractivity contribution in [3.63, 3.8) is 0 Å². The normalized spacial score (nSPS) is 17.4. The minimum absolute atomic E-state index is 0.0836. The number of aromatic hydroxyl groups is 1. The Morgan fingerprint density at radius 2 is 2.09 bits per heavy atom. The van der Waals surface area contributed by atoms with Crippen LogP contribution in [0.15, 0.2) is 34.7 Å². The molecule has 4 nitrogen and oxygen atoms in total. The van der Waals surface area contributed by atoms with Crippen molar-refractivity contribution >= 4 is 23.7 Å². The smallest absolute Gasteiger partial charge is 0.266 e. The molecule has 1 amide bonds. The molecule has 0 radical (unpaired) electrons. The van der Waals surface area contributed by atoms with Gasteiger partial charge in [-0.3, -0.25) is 9.69 Å². The van der Waals surface area contributed by atoms with Crippen LogP contribution in [0, 0.1) is 0 Å². The van der Waals surface area contributed by atoms with Gasteiger partial charge in [0.05, 0.1) is 4.91 Å². The molecule has 0 unspecified atom stereocenters. The molecule has 5 heteroatoms. The number of carbonyl (C=O) groups is 1. The predicted octanol–water partition coefficient (Wildman–Crippen LogP) is 3.68. The molecular formula is C17H21NO3S. The zero-order chi connectivity index (χ0) is 16.3. The molecule has 0 spiro atoms. The average Bonchev–Trinajstić information content (AvgIpc) is 2.44. The highest BCUT2D eigenvalue weighted by Crippen LogP contribution is 2.33. The van der Waals surface area contributed by atoms with Gasteiger partial charge in [0.2, 0.25) is 0 Å². The molecule has 1 aliphatic heterocycles. The fourth-order valence-corrected chi connectivity index (χ4v) is 2.95. The Morgan fingerprint density at radius 3 is 2.73 bits per heavy atom. The van der Waals surface area contributed by atoms with E-state index in [2.05, 4.69) is 0 Å². The first-order valence-corrected chi connectivity index (χ1v) is 7.89. The second-order valence-electron chi connectivity index (χ2n) is 6.13. The summed E-state index contributed by atoms with van der Waals surface area (Å²) in [6.45, 7) is 6.36. The maximum absolute atomic E-state index is 12.3. The van der Waals surface area contributed by atoms with E-state index in [9.17, 15) is 9.90 Å². The molecule has 0 fully saturated rings. The number of ether oxygens (including phenoxy) is 1. The van der Waals surface area contributed by atoms with E-state index >= 15 is 0 Å². The topological polar surface area (TPSA) is 49.8 Å². The van der Waals surface area contributed by atoms with E-state index in [0.717, 1.165) is 11.1 Å². The van der Waals surface area contributed by atoms with Crippen LogP contribution in [0.2, 0.25) is 0 Å². The number of phenolic OH excluding ortho intramolecular Hbond substituents is 1. The molecule has 118 valence electrons. The maximum Gasteiger partial charge on any atom is 0.266 e. The fourth-order valence-electron chi connectivity index (χ4n) is 2.17. The van der Waals surface area contributed by atoms with Crippen LogP contribution in [-0.4, -0.2) is 29.8 Å². The first-order chi connectivity index (χ1) is 10.3. The van der Waals surface area contributed by atoms with Crippen LogP contribution in [0.1, 0.15) is 31.9 Å². The van der Waals surface area contributed by atoms with Crippen LogP contribution >= 0.6 is 11.8 Å². The standard InChI is InChI=1S/C17H21NO3S/c1-17(2,3)13-9-12(5-6-14(13)19)10-15-16(20)18(11-21-4)7-8-22-15/h5-10,19H,11H2,1-4H3/b15-10+. The number of hydrogen-bond acceptors (Lipinski definition) is 4. The molecule has 0 aromatic heterocycles. The van der Waals surface area contributed by atoms with E-state index in [1.165, 1.54) is 16.7 Å². The van der Waals surface area contributed by atoms with Gasteiger partial charge in [0.1, 0.15) is 12.5 Å². The summed E-state index contributed by atoms with van der Waals surface area (Å²) in [5.41, 5.74) is 1.59. The van der Waals surface area contributed by atoms with Crippen molar-refractivity contribution in [3.8, 4) is 5.75 Å². The number of nitrogens with zero attached hydrogens (tertiary/aromatic N) is 1. The summed E-state index contributed by atoms with van der Waals surface area (Å²) in [7, 11) is 1.56. The van der Waals surface area contributed by atoms with Crippen molar-refractivity contribution in [2.45, 2.75) is 26.2 Å². The first-order valence-electron chi connectivity index (χ1n) is 7.01. The molecule has 1 aromatic carbocycles. The summed E-state index contributed by atoms with van der Waals surface area (Å²) >= 11 is 1.38. The Labute approximate surface area is 135 Å². The number of phenols is 1. The largest absolute Gasteiger partial charge is 0.508 e. The monoisotopic (exact) mass is 319 g/mol. The number of thioether (sulfide) groups is 1. The molecule has 0 bridgehead atoms. The van der Waals surface area contributed by atoms with Crippen LogP contribution in [0.4, 0.5) is 0 Å². The van der Waals surface area contributed by atoms with Gasteiger partial charge >= 0.3 is 0 Å². The zero-order valence-corrected chi connectivity index (χ0v) is 14.1. The summed E-state index contributed by atoms with van der Waals surface area (Å²) in [5.74, 6) is 0.193. The minimum Gasteiger partial charge on any atom is -0.508 e. The second kappa shape index (κ2) is 6.58. The average molecular weight is 319 g/mol. The highest BCUT2D eigenvalue weighted by molar-refractivity contribution is 8.06. The number of benzene rings is 1. The van der Waals surface area contributed by atoms with E-state index < -0.39 is 0 Å². The Morgan fingerprint density at radius 1 is 1.36 bits per heavy atom. The molecule has 1 N–H and O–H groups in total. The van der Waals surface area contributed by atoms with Crippen molar-refractivity contribution in [1.29, 1.82) is 0 Å². The summed E-state index contributed by atoms with van der Waals surface area (Å²) in [4.78, 5) is 14.5. The third-order valence-electron chi connectivity index (χ3n) is 3.30. The van der Waals surface area contributed by atoms with Gasteiger partial charge in [0, 0.05) is 13.3 Å². The van der Waals surface area contributed by atoms with Gasteiger partial charge in [0.15, 0.2) is 0 Å². The summed E-state index contributed by atoms with van der Waals surface area (Å²) in [5, 5.41) is 11.9. The van der Waals surface area contributed by atoms with Crippen LogP contribution in [0.5, 0.6) is 5.75 Å². The van der Waals surface area contributed by atoms with E-state index in [4.69, 9.17) is 4.74 Å². The van der Waals surface area contributed by atoms with Crippen LogP contribution in [-0.2, 0) is 14.9 Å². The molecule has 1 aromatic rings. The van der Waals surface area contributed by atoms with E-state index in [0.29, 0.717) is 4.91 Å². The van der Waals surface area contributed by atoms with E-state index in [1.807, 2.05) is 44.4 Å². The number of carbonyl (C=O) groups excluding carboxylic acids is 1. The number of rotatable bonds is 3. The van der Waals surface area contributed by atoms with Gasteiger partial charge in [-0.2, -0.15) is 0 Å². The molecule has 0 saturated heterocycles. The van der Waals surface area contributed by atoms with Crippen molar-refractivity contribution in [2.75, 3.05) is 13.8 Å². The van der Waals surface area contributed by atoms with Crippen molar-refractivity contribution < 1.29 is 14.6 Å². The van der Waals surface area contributed by atoms with Crippen LogP contribution in [0.25, 0.3) is 6.08 Å². The molecule has 0 saturated carbocycles. The molecule has 22 heavy (non-hydrogen) atoms. The quantitative estimate of drug-likeness (QED) is 0.864. The van der Waals surface area contributed by atoms with Gasteiger partial charge in [-0.1, -0.05) is 38.6 Å². The lowest BCUT2D eigenvalue weighted by atomic mass is 9.85. The molecule has 0 atom stereocenters. The third kappa shape index (κ3) is 3.72. The minimum atomic E-state index is -0.162. The molecule has 1 aliphatic rings. The lowest BCUT2D eigenvalue weighted by molar-refractivity contribution is -0.127. The van der Waals surface area contributed by atoms with Crippen LogP contribution in [0.3, 0.4) is 0 Å². The van der Waals surface area contributed by atoms with Gasteiger partial charge in [-0.05, 0) is 40.2 Å². The lowest BCUT2D eigenvalue weighted by Crippen LogP contribution is -2.29. The summed E-state index contributed by atoms with van der Waals surface area (Å²) in [6, 6.07) is 5.41. The van der Waals surface area contributed by atoms with Crippen molar-refractivity contribution in [1.82, 2.24) is 4.90 Å². The number of amides is 1. The third-order valence-corrected chi connectivity index (χ3v) is 4.11. The Kier molecular flexibility index (Phi) is 4.98. The summed E-state index contributed by atoms with van der Waals surface area (Å²) < 4.78 is 5.01. The number of hydrogen-bond donors (Lipinski definition) is 1. The highest BCUT2D eigenvalue weighted by atomic mass is 32.2. The predicted molar refractivity (Wildman–Crippen MR) is 90.2 cm³/mol. The second-order valence-corrected chi connectivity index (χ2v) is 7.08.